The Hall–Kier alpha value is -2.34. The van der Waals surface area contributed by atoms with Crippen molar-refractivity contribution in [1.29, 1.82) is 0 Å². The van der Waals surface area contributed by atoms with E-state index in [2.05, 4.69) is 4.99 Å². The lowest BCUT2D eigenvalue weighted by atomic mass is 9.85. The summed E-state index contributed by atoms with van der Waals surface area (Å²) in [5, 5.41) is 0. The highest BCUT2D eigenvalue weighted by atomic mass is 19.1. The van der Waals surface area contributed by atoms with Gasteiger partial charge in [0.2, 0.25) is 5.91 Å². The van der Waals surface area contributed by atoms with Crippen LogP contribution < -0.4 is 4.90 Å². The molecule has 0 N–H and O–H groups in total. The fraction of sp³-hybridized carbons (Fsp3) is 0.353. The summed E-state index contributed by atoms with van der Waals surface area (Å²) in [4.78, 5) is 30.9. The van der Waals surface area contributed by atoms with Crippen molar-refractivity contribution >= 4 is 23.7 Å². The molecule has 2 fully saturated rings. The van der Waals surface area contributed by atoms with E-state index in [4.69, 9.17) is 4.74 Å². The summed E-state index contributed by atoms with van der Waals surface area (Å²) in [6.07, 6.45) is 2.72. The zero-order valence-electron chi connectivity index (χ0n) is 12.7. The van der Waals surface area contributed by atoms with E-state index in [1.54, 1.807) is 6.21 Å². The minimum Gasteiger partial charge on any atom is -0.355 e. The predicted molar refractivity (Wildman–Crippen MR) is 81.7 cm³/mol. The summed E-state index contributed by atoms with van der Waals surface area (Å²) >= 11 is 0. The molecule has 0 unspecified atom stereocenters. The van der Waals surface area contributed by atoms with Gasteiger partial charge in [-0.1, -0.05) is 6.07 Å². The van der Waals surface area contributed by atoms with Crippen molar-refractivity contribution < 1.29 is 18.7 Å². The van der Waals surface area contributed by atoms with Crippen molar-refractivity contribution in [2.75, 3.05) is 4.90 Å². The van der Waals surface area contributed by atoms with Gasteiger partial charge in [-0.3, -0.25) is 14.6 Å². The third-order valence-corrected chi connectivity index (χ3v) is 4.62. The van der Waals surface area contributed by atoms with Crippen LogP contribution in [0.2, 0.25) is 0 Å². The molecule has 23 heavy (non-hydrogen) atoms. The van der Waals surface area contributed by atoms with E-state index >= 15 is 0 Å². The molecule has 2 saturated heterocycles. The Labute approximate surface area is 132 Å². The van der Waals surface area contributed by atoms with E-state index < -0.39 is 35.4 Å². The lowest BCUT2D eigenvalue weighted by Crippen LogP contribution is -2.43. The smallest absolute Gasteiger partial charge is 0.263 e. The number of aliphatic imine (C=N–C) groups is 1. The highest BCUT2D eigenvalue weighted by molar-refractivity contribution is 6.23. The Morgan fingerprint density at radius 3 is 2.83 bits per heavy atom. The molecule has 3 heterocycles. The number of ether oxygens (including phenoxy) is 1. The Morgan fingerprint density at radius 2 is 2.09 bits per heavy atom. The first kappa shape index (κ1) is 14.3. The summed E-state index contributed by atoms with van der Waals surface area (Å²) < 4.78 is 19.3. The van der Waals surface area contributed by atoms with E-state index in [9.17, 15) is 14.0 Å². The minimum atomic E-state index is -0.875. The number of halogens is 1. The normalized spacial score (nSPS) is 35.3. The van der Waals surface area contributed by atoms with E-state index in [1.807, 2.05) is 19.9 Å². The van der Waals surface area contributed by atoms with Gasteiger partial charge in [0.25, 0.3) is 5.91 Å². The summed E-state index contributed by atoms with van der Waals surface area (Å²) in [6.45, 7) is 3.73. The topological polar surface area (TPSA) is 59.0 Å². The van der Waals surface area contributed by atoms with E-state index in [1.165, 1.54) is 24.3 Å². The van der Waals surface area contributed by atoms with Crippen LogP contribution in [0.5, 0.6) is 0 Å². The second-order valence-corrected chi connectivity index (χ2v) is 6.35. The first-order chi connectivity index (χ1) is 10.9. The van der Waals surface area contributed by atoms with Crippen molar-refractivity contribution in [2.24, 2.45) is 10.9 Å². The van der Waals surface area contributed by atoms with Crippen molar-refractivity contribution in [2.45, 2.75) is 31.6 Å². The van der Waals surface area contributed by atoms with Crippen LogP contribution in [0.3, 0.4) is 0 Å². The van der Waals surface area contributed by atoms with Gasteiger partial charge in [-0.15, -0.1) is 0 Å². The SMILES string of the molecule is CC1=C[C@]2(C)O[C@@H]3C(=O)N(c4cccc(F)c4)C(=O)[C@@H]3[C@@H]2N=C1. The molecular formula is C17H15FN2O3. The number of nitrogens with zero attached hydrogens (tertiary/aromatic N) is 2. The third kappa shape index (κ3) is 1.91. The second kappa shape index (κ2) is 4.58. The number of amides is 2. The lowest BCUT2D eigenvalue weighted by Gasteiger charge is -2.30. The summed E-state index contributed by atoms with van der Waals surface area (Å²) in [5.41, 5.74) is 0.407. The Balaban J connectivity index is 1.74. The number of anilines is 1. The number of allylic oxidation sites excluding steroid dienone is 1. The maximum atomic E-state index is 13.4. The molecule has 6 heteroatoms. The fourth-order valence-electron chi connectivity index (χ4n) is 3.71. The van der Waals surface area contributed by atoms with Crippen LogP contribution in [0.25, 0.3) is 0 Å². The van der Waals surface area contributed by atoms with Gasteiger partial charge in [0.1, 0.15) is 11.4 Å². The summed E-state index contributed by atoms with van der Waals surface area (Å²) in [7, 11) is 0. The maximum Gasteiger partial charge on any atom is 0.263 e. The zero-order chi connectivity index (χ0) is 16.4. The fourth-order valence-corrected chi connectivity index (χ4v) is 3.71. The van der Waals surface area contributed by atoms with Gasteiger partial charge in [-0.25, -0.2) is 9.29 Å². The molecule has 4 rings (SSSR count). The van der Waals surface area contributed by atoms with E-state index in [0.29, 0.717) is 0 Å². The summed E-state index contributed by atoms with van der Waals surface area (Å²) in [6, 6.07) is 5.00. The number of fused-ring (bicyclic) bond motifs is 3. The molecule has 1 aromatic rings. The van der Waals surface area contributed by atoms with Crippen LogP contribution in [0.15, 0.2) is 40.9 Å². The molecule has 0 radical (unpaired) electrons. The Kier molecular flexibility index (Phi) is 2.84. The predicted octanol–water partition coefficient (Wildman–Crippen LogP) is 1.87. The second-order valence-electron chi connectivity index (χ2n) is 6.35. The van der Waals surface area contributed by atoms with Crippen LogP contribution in [-0.2, 0) is 14.3 Å². The van der Waals surface area contributed by atoms with Crippen molar-refractivity contribution in [3.63, 3.8) is 0 Å². The van der Waals surface area contributed by atoms with Gasteiger partial charge in [-0.05, 0) is 43.7 Å². The van der Waals surface area contributed by atoms with Crippen LogP contribution in [0.1, 0.15) is 13.8 Å². The van der Waals surface area contributed by atoms with Crippen molar-refractivity contribution in [3.05, 3.63) is 41.7 Å². The molecule has 0 bridgehead atoms. The van der Waals surface area contributed by atoms with Crippen molar-refractivity contribution in [1.82, 2.24) is 0 Å². The van der Waals surface area contributed by atoms with Crippen LogP contribution >= 0.6 is 0 Å². The molecule has 0 aliphatic carbocycles. The van der Waals surface area contributed by atoms with E-state index in [0.717, 1.165) is 10.5 Å². The van der Waals surface area contributed by atoms with Gasteiger partial charge in [0, 0.05) is 6.21 Å². The van der Waals surface area contributed by atoms with Gasteiger partial charge < -0.3 is 4.74 Å². The van der Waals surface area contributed by atoms with Crippen LogP contribution in [-0.4, -0.2) is 35.8 Å². The first-order valence-electron chi connectivity index (χ1n) is 7.44. The Morgan fingerprint density at radius 1 is 1.30 bits per heavy atom. The average Bonchev–Trinajstić information content (AvgIpc) is 2.90. The number of carbonyl (C=O) groups is 2. The van der Waals surface area contributed by atoms with Gasteiger partial charge in [0.05, 0.1) is 17.6 Å². The number of dihydropyridines is 1. The van der Waals surface area contributed by atoms with Gasteiger partial charge in [-0.2, -0.15) is 0 Å². The van der Waals surface area contributed by atoms with E-state index in [-0.39, 0.29) is 11.6 Å². The number of hydrogen-bond donors (Lipinski definition) is 0. The van der Waals surface area contributed by atoms with Crippen molar-refractivity contribution in [3.8, 4) is 0 Å². The summed E-state index contributed by atoms with van der Waals surface area (Å²) in [5.74, 6) is -2.01. The third-order valence-electron chi connectivity index (χ3n) is 4.62. The highest BCUT2D eigenvalue weighted by Gasteiger charge is 2.63. The molecule has 0 aromatic heterocycles. The quantitative estimate of drug-likeness (QED) is 0.744. The molecule has 3 aliphatic heterocycles. The number of rotatable bonds is 1. The van der Waals surface area contributed by atoms with Gasteiger partial charge in [0.15, 0.2) is 6.10 Å². The molecule has 5 nitrogen and oxygen atoms in total. The largest absolute Gasteiger partial charge is 0.355 e. The molecule has 0 spiro atoms. The Bertz CT molecular complexity index is 788. The molecule has 1 aromatic carbocycles. The first-order valence-corrected chi connectivity index (χ1v) is 7.44. The standard InChI is InChI=1S/C17H15FN2O3/c1-9-7-17(2)14(19-8-9)12-13(23-17)16(22)20(15(12)21)11-5-3-4-10(18)6-11/h3-8,12-14H,1-2H3/t12-,13-,14-,17-/m0/s1. The average molecular weight is 314 g/mol. The number of hydrogen-bond acceptors (Lipinski definition) is 4. The molecule has 0 saturated carbocycles. The zero-order valence-corrected chi connectivity index (χ0v) is 12.7. The molecule has 2 amide bonds. The molecule has 118 valence electrons. The molecule has 3 aliphatic rings. The molecule has 4 atom stereocenters. The van der Waals surface area contributed by atoms with Gasteiger partial charge >= 0.3 is 0 Å². The van der Waals surface area contributed by atoms with Crippen LogP contribution in [0.4, 0.5) is 10.1 Å². The van der Waals surface area contributed by atoms with Crippen LogP contribution in [0, 0.1) is 11.7 Å². The molecular weight excluding hydrogens is 299 g/mol. The lowest BCUT2D eigenvalue weighted by molar-refractivity contribution is -0.129. The minimum absolute atomic E-state index is 0.228. The number of imide groups is 1. The monoisotopic (exact) mass is 314 g/mol. The highest BCUT2D eigenvalue weighted by Crippen LogP contribution is 2.46. The maximum absolute atomic E-state index is 13.4. The number of benzene rings is 1. The number of carbonyl (C=O) groups excluding carboxylic acids is 2.